The van der Waals surface area contributed by atoms with Gasteiger partial charge in [-0.15, -0.1) is 11.3 Å². The Morgan fingerprint density at radius 2 is 2.25 bits per heavy atom. The van der Waals surface area contributed by atoms with E-state index in [4.69, 9.17) is 4.74 Å². The smallest absolute Gasteiger partial charge is 0.283 e. The van der Waals surface area contributed by atoms with E-state index < -0.39 is 11.5 Å². The first-order chi connectivity index (χ1) is 11.7. The van der Waals surface area contributed by atoms with Gasteiger partial charge in [0.1, 0.15) is 5.52 Å². The van der Waals surface area contributed by atoms with E-state index in [1.165, 1.54) is 15.9 Å². The lowest BCUT2D eigenvalue weighted by atomic mass is 10.3. The maximum absolute atomic E-state index is 12.6. The Labute approximate surface area is 141 Å². The van der Waals surface area contributed by atoms with Gasteiger partial charge in [-0.1, -0.05) is 6.07 Å². The number of amides is 1. The molecule has 0 spiro atoms. The van der Waals surface area contributed by atoms with Crippen molar-refractivity contribution in [1.82, 2.24) is 19.9 Å². The molecule has 3 aromatic rings. The lowest BCUT2D eigenvalue weighted by Crippen LogP contribution is -2.35. The zero-order chi connectivity index (χ0) is 16.9. The lowest BCUT2D eigenvalue weighted by molar-refractivity contribution is 0.0944. The molecule has 0 fully saturated rings. The van der Waals surface area contributed by atoms with Gasteiger partial charge in [0.05, 0.1) is 19.7 Å². The maximum atomic E-state index is 12.6. The molecule has 0 unspecified atom stereocenters. The molecule has 0 bridgehead atoms. The highest BCUT2D eigenvalue weighted by molar-refractivity contribution is 7.09. The second-order valence-electron chi connectivity index (χ2n) is 5.02. The van der Waals surface area contributed by atoms with E-state index in [0.717, 1.165) is 4.88 Å². The fourth-order valence-corrected chi connectivity index (χ4v) is 2.92. The molecule has 1 N–H and O–H groups in total. The molecule has 0 saturated carbocycles. The van der Waals surface area contributed by atoms with Gasteiger partial charge in [-0.3, -0.25) is 14.2 Å². The standard InChI is InChI=1S/C16H16N4O3S/c1-23-8-7-20-14-12(5-2-6-17-14)19-13(16(20)22)15(21)18-10-11-4-3-9-24-11/h2-6,9H,7-8,10H2,1H3,(H,18,21). The topological polar surface area (TPSA) is 86.1 Å². The van der Waals surface area contributed by atoms with E-state index >= 15 is 0 Å². The Kier molecular flexibility index (Phi) is 4.97. The van der Waals surface area contributed by atoms with Crippen LogP contribution in [0.2, 0.25) is 0 Å². The number of aromatic nitrogens is 3. The molecule has 0 atom stereocenters. The fraction of sp³-hybridized carbons (Fsp3) is 0.250. The summed E-state index contributed by atoms with van der Waals surface area (Å²) in [6.45, 7) is 1.00. The van der Waals surface area contributed by atoms with E-state index in [2.05, 4.69) is 15.3 Å². The van der Waals surface area contributed by atoms with Gasteiger partial charge in [-0.2, -0.15) is 0 Å². The minimum Gasteiger partial charge on any atom is -0.383 e. The summed E-state index contributed by atoms with van der Waals surface area (Å²) in [4.78, 5) is 34.4. The number of methoxy groups -OCH3 is 1. The molecule has 3 aromatic heterocycles. The molecule has 0 aliphatic rings. The van der Waals surface area contributed by atoms with Crippen molar-refractivity contribution < 1.29 is 9.53 Å². The Morgan fingerprint density at radius 3 is 3.00 bits per heavy atom. The third kappa shape index (κ3) is 3.34. The molecule has 0 aliphatic carbocycles. The number of fused-ring (bicyclic) bond motifs is 1. The Bertz CT molecular complexity index is 905. The largest absolute Gasteiger partial charge is 0.383 e. The van der Waals surface area contributed by atoms with Crippen LogP contribution < -0.4 is 10.9 Å². The summed E-state index contributed by atoms with van der Waals surface area (Å²) >= 11 is 1.54. The number of ether oxygens (including phenoxy) is 1. The van der Waals surface area contributed by atoms with Gasteiger partial charge in [0.15, 0.2) is 11.3 Å². The molecule has 124 valence electrons. The van der Waals surface area contributed by atoms with E-state index in [1.54, 1.807) is 25.4 Å². The minimum atomic E-state index is -0.495. The monoisotopic (exact) mass is 344 g/mol. The molecule has 3 rings (SSSR count). The number of thiophene rings is 1. The highest BCUT2D eigenvalue weighted by Gasteiger charge is 2.18. The molecule has 24 heavy (non-hydrogen) atoms. The fourth-order valence-electron chi connectivity index (χ4n) is 2.28. The summed E-state index contributed by atoms with van der Waals surface area (Å²) < 4.78 is 6.46. The molecule has 3 heterocycles. The van der Waals surface area contributed by atoms with Crippen LogP contribution in [-0.2, 0) is 17.8 Å². The Balaban J connectivity index is 1.96. The first kappa shape index (κ1) is 16.3. The van der Waals surface area contributed by atoms with Crippen molar-refractivity contribution in [2.24, 2.45) is 0 Å². The second-order valence-corrected chi connectivity index (χ2v) is 6.05. The predicted octanol–water partition coefficient (Wildman–Crippen LogP) is 1.43. The Hall–Kier alpha value is -2.58. The van der Waals surface area contributed by atoms with Gasteiger partial charge >= 0.3 is 0 Å². The summed E-state index contributed by atoms with van der Waals surface area (Å²) in [7, 11) is 1.55. The van der Waals surface area contributed by atoms with Crippen molar-refractivity contribution in [2.45, 2.75) is 13.1 Å². The minimum absolute atomic E-state index is 0.136. The number of nitrogens with zero attached hydrogens (tertiary/aromatic N) is 3. The normalized spacial score (nSPS) is 10.9. The highest BCUT2D eigenvalue weighted by atomic mass is 32.1. The number of pyridine rings is 1. The van der Waals surface area contributed by atoms with Gasteiger partial charge in [0, 0.05) is 18.2 Å². The van der Waals surface area contributed by atoms with E-state index in [1.807, 2.05) is 17.5 Å². The first-order valence-corrected chi connectivity index (χ1v) is 8.23. The number of nitrogens with one attached hydrogen (secondary N) is 1. The molecule has 0 radical (unpaired) electrons. The molecular weight excluding hydrogens is 328 g/mol. The Morgan fingerprint density at radius 1 is 1.38 bits per heavy atom. The van der Waals surface area contributed by atoms with Gasteiger partial charge in [-0.05, 0) is 23.6 Å². The number of hydrogen-bond acceptors (Lipinski definition) is 6. The number of rotatable bonds is 6. The van der Waals surface area contributed by atoms with Crippen molar-refractivity contribution >= 4 is 28.4 Å². The van der Waals surface area contributed by atoms with Crippen LogP contribution in [0, 0.1) is 0 Å². The van der Waals surface area contributed by atoms with Crippen molar-refractivity contribution in [3.63, 3.8) is 0 Å². The van der Waals surface area contributed by atoms with Gasteiger partial charge in [0.2, 0.25) is 0 Å². The zero-order valence-electron chi connectivity index (χ0n) is 13.1. The molecule has 1 amide bonds. The highest BCUT2D eigenvalue weighted by Crippen LogP contribution is 2.09. The van der Waals surface area contributed by atoms with Crippen molar-refractivity contribution in [1.29, 1.82) is 0 Å². The van der Waals surface area contributed by atoms with Gasteiger partial charge < -0.3 is 10.1 Å². The molecule has 0 saturated heterocycles. The van der Waals surface area contributed by atoms with Crippen LogP contribution in [0.15, 0.2) is 40.6 Å². The van der Waals surface area contributed by atoms with Crippen molar-refractivity contribution in [3.05, 3.63) is 56.8 Å². The molecule has 0 aromatic carbocycles. The average molecular weight is 344 g/mol. The molecule has 7 nitrogen and oxygen atoms in total. The summed E-state index contributed by atoms with van der Waals surface area (Å²) in [5.41, 5.74) is 0.328. The summed E-state index contributed by atoms with van der Waals surface area (Å²) in [6, 6.07) is 7.26. The maximum Gasteiger partial charge on any atom is 0.283 e. The van der Waals surface area contributed by atoms with Gasteiger partial charge in [0.25, 0.3) is 11.5 Å². The van der Waals surface area contributed by atoms with Crippen molar-refractivity contribution in [3.8, 4) is 0 Å². The van der Waals surface area contributed by atoms with Crippen molar-refractivity contribution in [2.75, 3.05) is 13.7 Å². The predicted molar refractivity (Wildman–Crippen MR) is 91.2 cm³/mol. The summed E-state index contributed by atoms with van der Waals surface area (Å²) in [6.07, 6.45) is 1.59. The number of hydrogen-bond donors (Lipinski definition) is 1. The van der Waals surface area contributed by atoms with Crippen LogP contribution in [0.5, 0.6) is 0 Å². The molecule has 0 aliphatic heterocycles. The third-order valence-corrected chi connectivity index (χ3v) is 4.32. The molecular formula is C16H16N4O3S. The van der Waals surface area contributed by atoms with Crippen LogP contribution in [0.4, 0.5) is 0 Å². The van der Waals surface area contributed by atoms with Crippen LogP contribution in [0.3, 0.4) is 0 Å². The number of carbonyl (C=O) groups is 1. The summed E-state index contributed by atoms with van der Waals surface area (Å²) in [5, 5.41) is 4.66. The van der Waals surface area contributed by atoms with Crippen LogP contribution in [0.25, 0.3) is 11.2 Å². The SMILES string of the molecule is COCCn1c(=O)c(C(=O)NCc2cccs2)nc2cccnc21. The average Bonchev–Trinajstić information content (AvgIpc) is 3.12. The number of carbonyl (C=O) groups excluding carboxylic acids is 1. The van der Waals surface area contributed by atoms with E-state index in [0.29, 0.717) is 30.9 Å². The van der Waals surface area contributed by atoms with Gasteiger partial charge in [-0.25, -0.2) is 9.97 Å². The quantitative estimate of drug-likeness (QED) is 0.731. The second kappa shape index (κ2) is 7.33. The van der Waals surface area contributed by atoms with E-state index in [9.17, 15) is 9.59 Å². The zero-order valence-corrected chi connectivity index (χ0v) is 13.9. The van der Waals surface area contributed by atoms with Crippen LogP contribution in [0.1, 0.15) is 15.4 Å². The summed E-state index contributed by atoms with van der Waals surface area (Å²) in [5.74, 6) is -0.495. The third-order valence-electron chi connectivity index (χ3n) is 3.44. The van der Waals surface area contributed by atoms with E-state index in [-0.39, 0.29) is 5.69 Å². The first-order valence-electron chi connectivity index (χ1n) is 7.36. The lowest BCUT2D eigenvalue weighted by Gasteiger charge is -2.11. The molecule has 8 heteroatoms. The van der Waals surface area contributed by atoms with Crippen LogP contribution >= 0.6 is 11.3 Å². The van der Waals surface area contributed by atoms with Crippen LogP contribution in [-0.4, -0.2) is 34.2 Å².